The standard InChI is InChI=1S/C12H14N2O2/c1-14-7-9(6-13)10-5-8(12(15)16-2)3-4-11(10)14/h3-5,7H,6,13H2,1-2H3. The van der Waals surface area contributed by atoms with Gasteiger partial charge in [-0.15, -0.1) is 0 Å². The fourth-order valence-electron chi connectivity index (χ4n) is 1.88. The molecule has 1 heterocycles. The number of rotatable bonds is 2. The Labute approximate surface area is 93.6 Å². The second-order valence-electron chi connectivity index (χ2n) is 3.69. The summed E-state index contributed by atoms with van der Waals surface area (Å²) in [6, 6.07) is 5.48. The van der Waals surface area contributed by atoms with Crippen molar-refractivity contribution in [1.82, 2.24) is 4.57 Å². The van der Waals surface area contributed by atoms with E-state index in [1.165, 1.54) is 7.11 Å². The van der Waals surface area contributed by atoms with Gasteiger partial charge >= 0.3 is 5.97 Å². The SMILES string of the molecule is COC(=O)c1ccc2c(c1)c(CN)cn2C. The Morgan fingerprint density at radius 3 is 2.88 bits per heavy atom. The van der Waals surface area contributed by atoms with Crippen LogP contribution in [0.15, 0.2) is 24.4 Å². The van der Waals surface area contributed by atoms with E-state index in [-0.39, 0.29) is 5.97 Å². The predicted octanol–water partition coefficient (Wildman–Crippen LogP) is 1.42. The van der Waals surface area contributed by atoms with Crippen LogP contribution in [0, 0.1) is 0 Å². The van der Waals surface area contributed by atoms with Crippen LogP contribution in [0.5, 0.6) is 0 Å². The van der Waals surface area contributed by atoms with Crippen molar-refractivity contribution in [1.29, 1.82) is 0 Å². The van der Waals surface area contributed by atoms with Crippen molar-refractivity contribution in [2.24, 2.45) is 12.8 Å². The fraction of sp³-hybridized carbons (Fsp3) is 0.250. The molecule has 2 rings (SSSR count). The second kappa shape index (κ2) is 3.98. The Hall–Kier alpha value is -1.81. The van der Waals surface area contributed by atoms with E-state index in [1.54, 1.807) is 6.07 Å². The van der Waals surface area contributed by atoms with Crippen molar-refractivity contribution < 1.29 is 9.53 Å². The molecular formula is C12H14N2O2. The molecule has 0 aliphatic carbocycles. The molecule has 16 heavy (non-hydrogen) atoms. The van der Waals surface area contributed by atoms with Crippen LogP contribution >= 0.6 is 0 Å². The number of benzene rings is 1. The molecule has 0 saturated carbocycles. The van der Waals surface area contributed by atoms with E-state index in [1.807, 2.05) is 29.9 Å². The molecule has 1 aromatic carbocycles. The molecule has 0 spiro atoms. The van der Waals surface area contributed by atoms with Crippen molar-refractivity contribution in [3.63, 3.8) is 0 Å². The maximum absolute atomic E-state index is 11.4. The maximum Gasteiger partial charge on any atom is 0.337 e. The van der Waals surface area contributed by atoms with E-state index >= 15 is 0 Å². The van der Waals surface area contributed by atoms with Crippen molar-refractivity contribution in [3.8, 4) is 0 Å². The van der Waals surface area contributed by atoms with E-state index in [9.17, 15) is 4.79 Å². The van der Waals surface area contributed by atoms with E-state index in [4.69, 9.17) is 5.73 Å². The van der Waals surface area contributed by atoms with Gasteiger partial charge in [-0.3, -0.25) is 0 Å². The Balaban J connectivity index is 2.64. The zero-order valence-corrected chi connectivity index (χ0v) is 9.36. The number of ether oxygens (including phenoxy) is 1. The number of hydrogen-bond donors (Lipinski definition) is 1. The summed E-state index contributed by atoms with van der Waals surface area (Å²) in [5.41, 5.74) is 8.30. The van der Waals surface area contributed by atoms with E-state index < -0.39 is 0 Å². The van der Waals surface area contributed by atoms with E-state index in [0.717, 1.165) is 16.5 Å². The van der Waals surface area contributed by atoms with E-state index in [2.05, 4.69) is 4.74 Å². The number of methoxy groups -OCH3 is 1. The van der Waals surface area contributed by atoms with Gasteiger partial charge in [0.05, 0.1) is 12.7 Å². The third-order valence-electron chi connectivity index (χ3n) is 2.71. The zero-order valence-electron chi connectivity index (χ0n) is 9.36. The molecule has 0 unspecified atom stereocenters. The lowest BCUT2D eigenvalue weighted by Crippen LogP contribution is -2.01. The Bertz CT molecular complexity index is 543. The molecule has 0 saturated heterocycles. The average Bonchev–Trinajstić information content (AvgIpc) is 2.64. The smallest absolute Gasteiger partial charge is 0.337 e. The quantitative estimate of drug-likeness (QED) is 0.776. The monoisotopic (exact) mass is 218 g/mol. The molecular weight excluding hydrogens is 204 g/mol. The highest BCUT2D eigenvalue weighted by molar-refractivity contribution is 5.95. The van der Waals surface area contributed by atoms with Crippen molar-refractivity contribution in [2.75, 3.05) is 7.11 Å². The summed E-state index contributed by atoms with van der Waals surface area (Å²) in [6.07, 6.45) is 1.98. The van der Waals surface area contributed by atoms with Crippen LogP contribution in [0.2, 0.25) is 0 Å². The number of fused-ring (bicyclic) bond motifs is 1. The molecule has 0 radical (unpaired) electrons. The van der Waals surface area contributed by atoms with Gasteiger partial charge in [-0.2, -0.15) is 0 Å². The summed E-state index contributed by atoms with van der Waals surface area (Å²) in [6.45, 7) is 0.460. The van der Waals surface area contributed by atoms with Crippen LogP contribution in [0.25, 0.3) is 10.9 Å². The third-order valence-corrected chi connectivity index (χ3v) is 2.71. The van der Waals surface area contributed by atoms with Crippen LogP contribution < -0.4 is 5.73 Å². The summed E-state index contributed by atoms with van der Waals surface area (Å²) < 4.78 is 6.69. The van der Waals surface area contributed by atoms with Gasteiger partial charge in [-0.25, -0.2) is 4.79 Å². The zero-order chi connectivity index (χ0) is 11.7. The average molecular weight is 218 g/mol. The van der Waals surface area contributed by atoms with Gasteiger partial charge < -0.3 is 15.0 Å². The van der Waals surface area contributed by atoms with Gasteiger partial charge in [0.1, 0.15) is 0 Å². The molecule has 84 valence electrons. The molecule has 2 N–H and O–H groups in total. The number of aromatic nitrogens is 1. The normalized spacial score (nSPS) is 10.7. The van der Waals surface area contributed by atoms with Crippen LogP contribution in [0.4, 0.5) is 0 Å². The highest BCUT2D eigenvalue weighted by Gasteiger charge is 2.10. The number of aryl methyl sites for hydroxylation is 1. The lowest BCUT2D eigenvalue weighted by Gasteiger charge is -2.01. The lowest BCUT2D eigenvalue weighted by molar-refractivity contribution is 0.0601. The topological polar surface area (TPSA) is 57.2 Å². The number of carbonyl (C=O) groups excluding carboxylic acids is 1. The van der Waals surface area contributed by atoms with Crippen molar-refractivity contribution >= 4 is 16.9 Å². The van der Waals surface area contributed by atoms with Gasteiger partial charge in [0, 0.05) is 30.7 Å². The number of carbonyl (C=O) groups is 1. The highest BCUT2D eigenvalue weighted by atomic mass is 16.5. The number of hydrogen-bond acceptors (Lipinski definition) is 3. The number of nitrogens with zero attached hydrogens (tertiary/aromatic N) is 1. The molecule has 0 amide bonds. The molecule has 4 heteroatoms. The Kier molecular flexibility index (Phi) is 2.66. The molecule has 0 atom stereocenters. The van der Waals surface area contributed by atoms with E-state index in [0.29, 0.717) is 12.1 Å². The first-order valence-corrected chi connectivity index (χ1v) is 5.03. The third kappa shape index (κ3) is 1.57. The molecule has 1 aromatic heterocycles. The molecule has 0 bridgehead atoms. The molecule has 0 aliphatic rings. The van der Waals surface area contributed by atoms with Gasteiger partial charge in [0.15, 0.2) is 0 Å². The minimum atomic E-state index is -0.325. The van der Waals surface area contributed by atoms with Gasteiger partial charge in [0.25, 0.3) is 0 Å². The van der Waals surface area contributed by atoms with Crippen LogP contribution in [0.3, 0.4) is 0 Å². The van der Waals surface area contributed by atoms with Crippen LogP contribution in [0.1, 0.15) is 15.9 Å². The largest absolute Gasteiger partial charge is 0.465 e. The van der Waals surface area contributed by atoms with Crippen molar-refractivity contribution in [2.45, 2.75) is 6.54 Å². The minimum absolute atomic E-state index is 0.325. The summed E-state index contributed by atoms with van der Waals surface area (Å²) in [4.78, 5) is 11.4. The van der Waals surface area contributed by atoms with Gasteiger partial charge in [0.2, 0.25) is 0 Å². The Morgan fingerprint density at radius 1 is 1.50 bits per heavy atom. The number of nitrogens with two attached hydrogens (primary N) is 1. The summed E-state index contributed by atoms with van der Waals surface area (Å²) in [5, 5.41) is 1.01. The first-order chi connectivity index (χ1) is 7.67. The molecule has 0 aliphatic heterocycles. The highest BCUT2D eigenvalue weighted by Crippen LogP contribution is 2.22. The summed E-state index contributed by atoms with van der Waals surface area (Å²) in [5.74, 6) is -0.325. The molecule has 0 fully saturated rings. The van der Waals surface area contributed by atoms with Crippen LogP contribution in [-0.4, -0.2) is 17.6 Å². The Morgan fingerprint density at radius 2 is 2.25 bits per heavy atom. The summed E-state index contributed by atoms with van der Waals surface area (Å²) in [7, 11) is 3.33. The molecule has 4 nitrogen and oxygen atoms in total. The number of esters is 1. The summed E-state index contributed by atoms with van der Waals surface area (Å²) >= 11 is 0. The minimum Gasteiger partial charge on any atom is -0.465 e. The van der Waals surface area contributed by atoms with Crippen LogP contribution in [-0.2, 0) is 18.3 Å². The fourth-order valence-corrected chi connectivity index (χ4v) is 1.88. The molecule has 2 aromatic rings. The maximum atomic E-state index is 11.4. The van der Waals surface area contributed by atoms with Gasteiger partial charge in [-0.05, 0) is 23.8 Å². The lowest BCUT2D eigenvalue weighted by atomic mass is 10.1. The van der Waals surface area contributed by atoms with Gasteiger partial charge in [-0.1, -0.05) is 0 Å². The van der Waals surface area contributed by atoms with Crippen molar-refractivity contribution in [3.05, 3.63) is 35.5 Å². The predicted molar refractivity (Wildman–Crippen MR) is 62.1 cm³/mol. The second-order valence-corrected chi connectivity index (χ2v) is 3.69. The first-order valence-electron chi connectivity index (χ1n) is 5.03. The first kappa shape index (κ1) is 10.7.